The van der Waals surface area contributed by atoms with Crippen molar-refractivity contribution < 1.29 is 4.79 Å². The summed E-state index contributed by atoms with van der Waals surface area (Å²) in [5.41, 5.74) is 0. The molecule has 1 rings (SSSR count). The molecular weight excluding hydrogens is 176 g/mol. The number of hydrogen-bond acceptors (Lipinski definition) is 2. The molecule has 1 aliphatic heterocycles. The van der Waals surface area contributed by atoms with E-state index in [1.807, 2.05) is 11.9 Å². The second-order valence-electron chi connectivity index (χ2n) is 3.68. The van der Waals surface area contributed by atoms with Crippen LogP contribution in [-0.2, 0) is 4.79 Å². The first-order valence-corrected chi connectivity index (χ1v) is 5.68. The zero-order valence-electron chi connectivity index (χ0n) is 9.81. The van der Waals surface area contributed by atoms with Crippen LogP contribution < -0.4 is 5.32 Å². The van der Waals surface area contributed by atoms with Crippen molar-refractivity contribution in [3.05, 3.63) is 0 Å². The number of rotatable bonds is 2. The van der Waals surface area contributed by atoms with Crippen LogP contribution in [0.2, 0.25) is 0 Å². The summed E-state index contributed by atoms with van der Waals surface area (Å²) < 4.78 is 0. The normalized spacial score (nSPS) is 15.8. The molecule has 0 aromatic rings. The minimum absolute atomic E-state index is 0.243. The third-order valence-electron chi connectivity index (χ3n) is 2.04. The molecule has 0 aliphatic carbocycles. The van der Waals surface area contributed by atoms with Gasteiger partial charge in [-0.3, -0.25) is 4.79 Å². The van der Waals surface area contributed by atoms with Gasteiger partial charge in [0.05, 0.1) is 6.54 Å². The number of amides is 1. The summed E-state index contributed by atoms with van der Waals surface area (Å²) in [4.78, 5) is 13.2. The van der Waals surface area contributed by atoms with Crippen molar-refractivity contribution in [1.29, 1.82) is 0 Å². The topological polar surface area (TPSA) is 32.3 Å². The Morgan fingerprint density at radius 3 is 2.14 bits per heavy atom. The lowest BCUT2D eigenvalue weighted by Crippen LogP contribution is -2.40. The van der Waals surface area contributed by atoms with Gasteiger partial charge in [0.2, 0.25) is 5.91 Å². The van der Waals surface area contributed by atoms with Crippen LogP contribution in [0.5, 0.6) is 0 Å². The highest BCUT2D eigenvalue weighted by Gasteiger charge is 2.14. The third-order valence-corrected chi connectivity index (χ3v) is 2.04. The van der Waals surface area contributed by atoms with Crippen molar-refractivity contribution in [2.45, 2.75) is 39.5 Å². The fourth-order valence-electron chi connectivity index (χ4n) is 1.41. The van der Waals surface area contributed by atoms with E-state index in [1.165, 1.54) is 25.7 Å². The predicted octanol–water partition coefficient (Wildman–Crippen LogP) is 1.63. The van der Waals surface area contributed by atoms with Crippen LogP contribution in [0.1, 0.15) is 39.5 Å². The van der Waals surface area contributed by atoms with E-state index in [4.69, 9.17) is 0 Å². The van der Waals surface area contributed by atoms with Crippen LogP contribution in [0, 0.1) is 0 Å². The molecular formula is C11H24N2O. The summed E-state index contributed by atoms with van der Waals surface area (Å²) >= 11 is 0. The standard InChI is InChI=1S/C8H16N2O.C3H8/c1-9-7-8(11)10-5-3-2-4-6-10;1-3-2/h9H,2-7H2,1H3;3H2,1-2H3. The number of hydrogen-bond donors (Lipinski definition) is 1. The smallest absolute Gasteiger partial charge is 0.236 e. The minimum Gasteiger partial charge on any atom is -0.342 e. The van der Waals surface area contributed by atoms with Crippen LogP contribution in [0.25, 0.3) is 0 Å². The van der Waals surface area contributed by atoms with E-state index >= 15 is 0 Å². The Balaban J connectivity index is 0.000000500. The lowest BCUT2D eigenvalue weighted by Gasteiger charge is -2.26. The second kappa shape index (κ2) is 9.00. The van der Waals surface area contributed by atoms with Gasteiger partial charge in [-0.15, -0.1) is 0 Å². The van der Waals surface area contributed by atoms with Crippen LogP contribution >= 0.6 is 0 Å². The molecule has 0 aromatic heterocycles. The number of carbonyl (C=O) groups is 1. The quantitative estimate of drug-likeness (QED) is 0.735. The van der Waals surface area contributed by atoms with Gasteiger partial charge in [0.1, 0.15) is 0 Å². The number of nitrogens with zero attached hydrogens (tertiary/aromatic N) is 1. The molecule has 14 heavy (non-hydrogen) atoms. The van der Waals surface area contributed by atoms with Crippen molar-refractivity contribution >= 4 is 5.91 Å². The molecule has 3 nitrogen and oxygen atoms in total. The minimum atomic E-state index is 0.243. The van der Waals surface area contributed by atoms with Crippen molar-refractivity contribution in [1.82, 2.24) is 10.2 Å². The van der Waals surface area contributed by atoms with E-state index in [2.05, 4.69) is 19.2 Å². The Morgan fingerprint density at radius 2 is 1.71 bits per heavy atom. The third kappa shape index (κ3) is 5.97. The summed E-state index contributed by atoms with van der Waals surface area (Å²) in [5, 5.41) is 2.87. The summed E-state index contributed by atoms with van der Waals surface area (Å²) in [7, 11) is 1.81. The van der Waals surface area contributed by atoms with E-state index in [-0.39, 0.29) is 5.91 Å². The first-order valence-electron chi connectivity index (χ1n) is 5.68. The highest BCUT2D eigenvalue weighted by molar-refractivity contribution is 5.78. The van der Waals surface area contributed by atoms with Crippen molar-refractivity contribution in [2.24, 2.45) is 0 Å². The molecule has 84 valence electrons. The zero-order chi connectivity index (χ0) is 10.8. The molecule has 1 amide bonds. The maximum absolute atomic E-state index is 11.3. The molecule has 1 aliphatic rings. The number of piperidine rings is 1. The van der Waals surface area contributed by atoms with Gasteiger partial charge >= 0.3 is 0 Å². The first-order chi connectivity index (χ1) is 6.76. The van der Waals surface area contributed by atoms with Crippen molar-refractivity contribution in [3.8, 4) is 0 Å². The second-order valence-corrected chi connectivity index (χ2v) is 3.68. The fraction of sp³-hybridized carbons (Fsp3) is 0.909. The van der Waals surface area contributed by atoms with Gasteiger partial charge in [0, 0.05) is 13.1 Å². The van der Waals surface area contributed by atoms with Gasteiger partial charge in [-0.25, -0.2) is 0 Å². The van der Waals surface area contributed by atoms with E-state index in [0.29, 0.717) is 6.54 Å². The molecule has 0 atom stereocenters. The van der Waals surface area contributed by atoms with Crippen LogP contribution in [0.3, 0.4) is 0 Å². The average molecular weight is 200 g/mol. The largest absolute Gasteiger partial charge is 0.342 e. The van der Waals surface area contributed by atoms with Gasteiger partial charge in [0.15, 0.2) is 0 Å². The average Bonchev–Trinajstić information content (AvgIpc) is 2.21. The molecule has 0 bridgehead atoms. The van der Waals surface area contributed by atoms with Gasteiger partial charge in [-0.1, -0.05) is 20.3 Å². The zero-order valence-corrected chi connectivity index (χ0v) is 9.81. The Labute approximate surface area is 87.9 Å². The number of likely N-dealkylation sites (tertiary alicyclic amines) is 1. The monoisotopic (exact) mass is 200 g/mol. The number of likely N-dealkylation sites (N-methyl/N-ethyl adjacent to an activating group) is 1. The molecule has 1 heterocycles. The molecule has 0 radical (unpaired) electrons. The first kappa shape index (κ1) is 13.4. The lowest BCUT2D eigenvalue weighted by molar-refractivity contribution is -0.131. The van der Waals surface area contributed by atoms with Crippen molar-refractivity contribution in [3.63, 3.8) is 0 Å². The number of nitrogens with one attached hydrogen (secondary N) is 1. The molecule has 0 unspecified atom stereocenters. The summed E-state index contributed by atoms with van der Waals surface area (Å²) in [5.74, 6) is 0.243. The summed E-state index contributed by atoms with van der Waals surface area (Å²) in [6.07, 6.45) is 4.88. The molecule has 0 spiro atoms. The van der Waals surface area contributed by atoms with E-state index < -0.39 is 0 Å². The lowest BCUT2D eigenvalue weighted by atomic mass is 10.1. The molecule has 1 N–H and O–H groups in total. The van der Waals surface area contributed by atoms with Crippen LogP contribution in [0.4, 0.5) is 0 Å². The van der Waals surface area contributed by atoms with Crippen LogP contribution in [-0.4, -0.2) is 37.5 Å². The van der Waals surface area contributed by atoms with Gasteiger partial charge in [0.25, 0.3) is 0 Å². The van der Waals surface area contributed by atoms with E-state index in [1.54, 1.807) is 0 Å². The van der Waals surface area contributed by atoms with Gasteiger partial charge in [-0.2, -0.15) is 0 Å². The Bertz CT molecular complexity index is 142. The van der Waals surface area contributed by atoms with Crippen molar-refractivity contribution in [2.75, 3.05) is 26.7 Å². The van der Waals surface area contributed by atoms with Gasteiger partial charge < -0.3 is 10.2 Å². The Morgan fingerprint density at radius 1 is 1.21 bits per heavy atom. The highest BCUT2D eigenvalue weighted by Crippen LogP contribution is 2.07. The SMILES string of the molecule is CCC.CNCC(=O)N1CCCCC1. The van der Waals surface area contributed by atoms with Crippen LogP contribution in [0.15, 0.2) is 0 Å². The maximum Gasteiger partial charge on any atom is 0.236 e. The Kier molecular flexibility index (Phi) is 8.64. The van der Waals surface area contributed by atoms with E-state index in [0.717, 1.165) is 13.1 Å². The molecule has 0 aromatic carbocycles. The number of carbonyl (C=O) groups excluding carboxylic acids is 1. The summed E-state index contributed by atoms with van der Waals surface area (Å²) in [6.45, 7) is 6.65. The molecule has 3 heteroatoms. The summed E-state index contributed by atoms with van der Waals surface area (Å²) in [6, 6.07) is 0. The molecule has 1 saturated heterocycles. The predicted molar refractivity (Wildman–Crippen MR) is 60.3 cm³/mol. The molecule has 0 saturated carbocycles. The van der Waals surface area contributed by atoms with E-state index in [9.17, 15) is 4.79 Å². The van der Waals surface area contributed by atoms with Gasteiger partial charge in [-0.05, 0) is 26.3 Å². The highest BCUT2D eigenvalue weighted by atomic mass is 16.2. The fourth-order valence-corrected chi connectivity index (χ4v) is 1.41. The molecule has 1 fully saturated rings. The maximum atomic E-state index is 11.3. The Hall–Kier alpha value is -0.570.